The van der Waals surface area contributed by atoms with Crippen LogP contribution in [0.3, 0.4) is 0 Å². The van der Waals surface area contributed by atoms with Crippen LogP contribution in [0, 0.1) is 5.41 Å². The molecule has 0 heterocycles. The molecule has 0 aromatic heterocycles. The second kappa shape index (κ2) is 5.02. The van der Waals surface area contributed by atoms with Gasteiger partial charge in [-0.3, -0.25) is 0 Å². The van der Waals surface area contributed by atoms with Crippen LogP contribution in [0.5, 0.6) is 0 Å². The Morgan fingerprint density at radius 1 is 0.889 bits per heavy atom. The zero-order valence-corrected chi connectivity index (χ0v) is 9.31. The lowest BCUT2D eigenvalue weighted by molar-refractivity contribution is 0.562. The fraction of sp³-hybridized carbons (Fsp3) is 0. The van der Waals surface area contributed by atoms with E-state index in [1.165, 1.54) is 16.7 Å². The summed E-state index contributed by atoms with van der Waals surface area (Å²) in [5.41, 5.74) is 5.34. The van der Waals surface area contributed by atoms with E-state index in [1.807, 2.05) is 36.4 Å². The van der Waals surface area contributed by atoms with Crippen LogP contribution < -0.4 is 0 Å². The van der Waals surface area contributed by atoms with Crippen molar-refractivity contribution in [2.24, 2.45) is 4.99 Å². The summed E-state index contributed by atoms with van der Waals surface area (Å²) in [5.74, 6) is 0. The summed E-state index contributed by atoms with van der Waals surface area (Å²) >= 11 is 0. The molecule has 0 aliphatic heterocycles. The number of fused-ring (bicyclic) bond motifs is 4. The van der Waals surface area contributed by atoms with E-state index < -0.39 is 0 Å². The number of aliphatic imine (C=N–C) groups is 1. The summed E-state index contributed by atoms with van der Waals surface area (Å²) in [4.78, 5) is 22.3. The fourth-order valence-corrected chi connectivity index (χ4v) is 2.06. The molecule has 0 bridgehead atoms. The Kier molecular flexibility index (Phi) is 3.26. The predicted octanol–water partition coefficient (Wildman–Crippen LogP) is 3.20. The third-order valence-corrected chi connectivity index (χ3v) is 2.70. The van der Waals surface area contributed by atoms with Crippen LogP contribution in [-0.4, -0.2) is 12.2 Å². The molecule has 18 heavy (non-hydrogen) atoms. The van der Waals surface area contributed by atoms with Crippen molar-refractivity contribution < 1.29 is 9.59 Å². The maximum Gasteiger partial charge on any atom is 0.240 e. The van der Waals surface area contributed by atoms with E-state index in [0.29, 0.717) is 5.69 Å². The second-order valence-electron chi connectivity index (χ2n) is 3.55. The number of benzene rings is 2. The van der Waals surface area contributed by atoms with Gasteiger partial charge in [-0.25, -0.2) is 15.0 Å². The van der Waals surface area contributed by atoms with Crippen molar-refractivity contribution in [3.05, 3.63) is 42.5 Å². The van der Waals surface area contributed by atoms with Gasteiger partial charge in [-0.15, -0.1) is 0 Å². The van der Waals surface area contributed by atoms with E-state index in [2.05, 4.69) is 11.1 Å². The molecule has 4 nitrogen and oxygen atoms in total. The molecule has 86 valence electrons. The van der Waals surface area contributed by atoms with Crippen molar-refractivity contribution in [1.82, 2.24) is 0 Å². The van der Waals surface area contributed by atoms with E-state index >= 15 is 0 Å². The smallest absolute Gasteiger partial charge is 0.222 e. The maximum atomic E-state index is 10.3. The highest BCUT2D eigenvalue weighted by atomic mass is 16.1. The van der Waals surface area contributed by atoms with E-state index in [0.717, 1.165) is 11.6 Å². The molecule has 1 N–H and O–H groups in total. The molecule has 0 saturated carbocycles. The van der Waals surface area contributed by atoms with Gasteiger partial charge in [0.15, 0.2) is 0 Å². The normalized spacial score (nSPS) is 9.33. The topological polar surface area (TPSA) is 70.3 Å². The largest absolute Gasteiger partial charge is 0.240 e. The van der Waals surface area contributed by atoms with Gasteiger partial charge in [0.05, 0.1) is 5.69 Å². The Balaban J connectivity index is 0.000000367. The molecule has 1 aliphatic carbocycles. The van der Waals surface area contributed by atoms with Crippen LogP contribution in [0.15, 0.2) is 47.5 Å². The molecule has 1 aliphatic rings. The number of rotatable bonds is 1. The first-order chi connectivity index (χ1) is 8.83. The third-order valence-electron chi connectivity index (χ3n) is 2.70. The molecular formula is C14H8N2O2. The lowest BCUT2D eigenvalue weighted by Gasteiger charge is -2.24. The number of carbonyl (C=O) groups excluding carboxylic acids is 2. The molecule has 0 fully saturated rings. The monoisotopic (exact) mass is 236 g/mol. The minimum absolute atomic E-state index is 0.709. The molecule has 0 atom stereocenters. The maximum absolute atomic E-state index is 10.3. The first-order valence-electron chi connectivity index (χ1n) is 5.18. The van der Waals surface area contributed by atoms with Gasteiger partial charge in [0.25, 0.3) is 0 Å². The average molecular weight is 236 g/mol. The third kappa shape index (κ3) is 1.78. The predicted molar refractivity (Wildman–Crippen MR) is 67.1 cm³/mol. The summed E-state index contributed by atoms with van der Waals surface area (Å²) in [6.45, 7) is 0. The molecule has 0 radical (unpaired) electrons. The quantitative estimate of drug-likeness (QED) is 0.520. The van der Waals surface area contributed by atoms with Crippen molar-refractivity contribution in [3.63, 3.8) is 0 Å². The van der Waals surface area contributed by atoms with Crippen LogP contribution in [0.1, 0.15) is 0 Å². The molecule has 0 saturated heterocycles. The number of hydrogen-bond donors (Lipinski definition) is 1. The highest BCUT2D eigenvalue weighted by Crippen LogP contribution is 2.51. The molecule has 3 rings (SSSR count). The van der Waals surface area contributed by atoms with Gasteiger partial charge in [-0.2, -0.15) is 4.99 Å². The molecule has 2 aromatic carbocycles. The Labute approximate surface area is 103 Å². The number of nitrogens with one attached hydrogen (secondary N) is 1. The summed E-state index contributed by atoms with van der Waals surface area (Å²) in [6, 6.07) is 13.9. The van der Waals surface area contributed by atoms with Crippen LogP contribution >= 0.6 is 0 Å². The van der Waals surface area contributed by atoms with E-state index in [-0.39, 0.29) is 0 Å². The highest BCUT2D eigenvalue weighted by molar-refractivity contribution is 6.07. The van der Waals surface area contributed by atoms with Crippen LogP contribution in [0.4, 0.5) is 5.69 Å². The first-order valence-corrected chi connectivity index (χ1v) is 5.18. The van der Waals surface area contributed by atoms with Crippen LogP contribution in [-0.2, 0) is 9.59 Å². The highest BCUT2D eigenvalue weighted by Gasteiger charge is 2.23. The minimum atomic E-state index is 0.709. The molecule has 2 aromatic rings. The number of nitrogens with zero attached hydrogens (tertiary/aromatic N) is 1. The van der Waals surface area contributed by atoms with Gasteiger partial charge >= 0.3 is 0 Å². The van der Waals surface area contributed by atoms with Gasteiger partial charge < -0.3 is 0 Å². The summed E-state index contributed by atoms with van der Waals surface area (Å²) in [7, 11) is 0. The summed E-state index contributed by atoms with van der Waals surface area (Å²) in [6.07, 6.45) is 2.34. The SMILES string of the molecule is N=C=O.O=C=Nc1cccc2c1-c1ccccc1-2. The molecule has 0 spiro atoms. The zero-order valence-electron chi connectivity index (χ0n) is 9.31. The van der Waals surface area contributed by atoms with Crippen LogP contribution in [0.2, 0.25) is 0 Å². The Hall–Kier alpha value is -2.80. The van der Waals surface area contributed by atoms with Crippen molar-refractivity contribution in [1.29, 1.82) is 5.41 Å². The molecular weight excluding hydrogens is 228 g/mol. The standard InChI is InChI=1S/C13H7NO.CHNO/c15-8-14-12-7-3-6-11-9-4-1-2-5-10(9)13(11)12;2-1-3/h1-7H;2H. The summed E-state index contributed by atoms with van der Waals surface area (Å²) in [5, 5.41) is 5.40. The molecule has 0 amide bonds. The van der Waals surface area contributed by atoms with Crippen molar-refractivity contribution in [2.45, 2.75) is 0 Å². The van der Waals surface area contributed by atoms with Crippen molar-refractivity contribution in [2.75, 3.05) is 0 Å². The molecule has 0 unspecified atom stereocenters. The minimum Gasteiger partial charge on any atom is -0.222 e. The number of hydrogen-bond acceptors (Lipinski definition) is 4. The Bertz CT molecular complexity index is 680. The lowest BCUT2D eigenvalue weighted by atomic mass is 9.80. The Morgan fingerprint density at radius 2 is 1.50 bits per heavy atom. The zero-order chi connectivity index (χ0) is 13.0. The van der Waals surface area contributed by atoms with E-state index in [4.69, 9.17) is 10.2 Å². The average Bonchev–Trinajstić information content (AvgIpc) is 2.37. The Morgan fingerprint density at radius 3 is 2.17 bits per heavy atom. The molecule has 4 heteroatoms. The summed E-state index contributed by atoms with van der Waals surface area (Å²) < 4.78 is 0. The van der Waals surface area contributed by atoms with Crippen molar-refractivity contribution in [3.8, 4) is 22.3 Å². The first kappa shape index (κ1) is 11.7. The lowest BCUT2D eigenvalue weighted by Crippen LogP contribution is -1.97. The van der Waals surface area contributed by atoms with Gasteiger partial charge in [-0.05, 0) is 22.8 Å². The van der Waals surface area contributed by atoms with Gasteiger partial charge in [0.1, 0.15) is 0 Å². The van der Waals surface area contributed by atoms with E-state index in [1.54, 1.807) is 6.08 Å². The second-order valence-corrected chi connectivity index (χ2v) is 3.55. The van der Waals surface area contributed by atoms with Gasteiger partial charge in [0, 0.05) is 5.56 Å². The fourth-order valence-electron chi connectivity index (χ4n) is 2.06. The van der Waals surface area contributed by atoms with Gasteiger partial charge in [-0.1, -0.05) is 36.4 Å². The van der Waals surface area contributed by atoms with E-state index in [9.17, 15) is 4.79 Å². The van der Waals surface area contributed by atoms with Crippen LogP contribution in [0.25, 0.3) is 22.3 Å². The number of isocyanates is 2. The van der Waals surface area contributed by atoms with Crippen molar-refractivity contribution >= 4 is 17.8 Å². The van der Waals surface area contributed by atoms with Gasteiger partial charge in [0.2, 0.25) is 12.2 Å².